The van der Waals surface area contributed by atoms with Crippen LogP contribution in [0.4, 0.5) is 0 Å². The lowest BCUT2D eigenvalue weighted by molar-refractivity contribution is -0.130. The van der Waals surface area contributed by atoms with Crippen LogP contribution in [0.2, 0.25) is 0 Å². The molecule has 0 unspecified atom stereocenters. The summed E-state index contributed by atoms with van der Waals surface area (Å²) < 4.78 is 24.8. The molecule has 0 radical (unpaired) electrons. The highest BCUT2D eigenvalue weighted by atomic mass is 16.5. The summed E-state index contributed by atoms with van der Waals surface area (Å²) >= 11 is 0. The summed E-state index contributed by atoms with van der Waals surface area (Å²) in [5.41, 5.74) is 24.1. The third-order valence-electron chi connectivity index (χ3n) is 12.8. The fourth-order valence-electron chi connectivity index (χ4n) is 8.74. The fourth-order valence-corrected chi connectivity index (χ4v) is 8.74. The summed E-state index contributed by atoms with van der Waals surface area (Å²) in [6.45, 7) is 18.4. The number of hydrogen-bond acceptors (Lipinski definition) is 14. The number of nitrogens with two attached hydrogens (primary N) is 4. The number of phenols is 1. The number of fused-ring (bicyclic) bond motifs is 2. The number of methoxy groups -OCH3 is 1. The number of aliphatic imine (C=N–C) groups is 2. The summed E-state index contributed by atoms with van der Waals surface area (Å²) in [6.07, 6.45) is 10.9. The molecule has 434 valence electrons. The van der Waals surface area contributed by atoms with Gasteiger partial charge in [-0.1, -0.05) is 63.8 Å². The standard InChI is InChI=1S/C58H92N10O10/c1-36(2)20-22-44-46(76-34-42(69)30-40(18-16-28-67-57(59)60)55(73)65-26-14-10-12-24-63-38(5)6)32-48-51(52(44)71)53(72)50-45(23-21-37(3)4)54(75-9)49(33-47(50)78-48)77-35-43(70)31-41(19-17-29-68-58(61)62)56(74)66-27-15-11-13-25-64-39(7)8/h20-21,32-33,38-41,63-64,71H,10-19,22-31,34-35H2,1-9H3,(H,65,73)(H,66,74)(H4,59,60,67)(H4,61,62,68)/t40-,41-/m1/s1. The molecule has 2 aromatic carbocycles. The molecule has 1 heterocycles. The number of amides is 2. The number of nitrogens with one attached hydrogen (secondary N) is 4. The number of aromatic hydroxyl groups is 1. The average Bonchev–Trinajstić information content (AvgIpc) is 3.38. The first kappa shape index (κ1) is 65.6. The van der Waals surface area contributed by atoms with Gasteiger partial charge in [0.05, 0.1) is 12.5 Å². The molecule has 0 fully saturated rings. The Kier molecular flexibility index (Phi) is 29.4. The van der Waals surface area contributed by atoms with Crippen LogP contribution in [0, 0.1) is 11.8 Å². The number of benzene rings is 2. The number of Topliss-reactive ketones (excluding diaryl/α,β-unsaturated/α-hetero) is 2. The molecule has 13 N–H and O–H groups in total. The molecule has 0 spiro atoms. The minimum Gasteiger partial charge on any atom is -0.507 e. The van der Waals surface area contributed by atoms with E-state index in [0.717, 1.165) is 62.8 Å². The van der Waals surface area contributed by atoms with Crippen molar-refractivity contribution >= 4 is 57.2 Å². The van der Waals surface area contributed by atoms with E-state index in [9.17, 15) is 29.1 Å². The van der Waals surface area contributed by atoms with Gasteiger partial charge in [-0.05, 0) is 105 Å². The molecule has 0 aliphatic carbocycles. The van der Waals surface area contributed by atoms with E-state index in [1.54, 1.807) is 0 Å². The average molecular weight is 1090 g/mol. The molecule has 2 atom stereocenters. The first-order valence-corrected chi connectivity index (χ1v) is 27.7. The molecule has 0 aliphatic heterocycles. The van der Waals surface area contributed by atoms with Crippen molar-refractivity contribution in [2.45, 2.75) is 157 Å². The smallest absolute Gasteiger partial charge is 0.223 e. The molecule has 0 aliphatic rings. The molecule has 0 saturated carbocycles. The lowest BCUT2D eigenvalue weighted by atomic mass is 9.96. The second kappa shape index (κ2) is 35.0. The summed E-state index contributed by atoms with van der Waals surface area (Å²) in [4.78, 5) is 77.4. The van der Waals surface area contributed by atoms with E-state index in [4.69, 9.17) is 41.6 Å². The third kappa shape index (κ3) is 23.5. The number of hydrogen-bond donors (Lipinski definition) is 9. The maximum Gasteiger partial charge on any atom is 0.223 e. The van der Waals surface area contributed by atoms with Gasteiger partial charge in [0, 0.05) is 86.2 Å². The maximum absolute atomic E-state index is 14.9. The molecule has 2 amide bonds. The normalized spacial score (nSPS) is 12.0. The van der Waals surface area contributed by atoms with Crippen molar-refractivity contribution in [3.63, 3.8) is 0 Å². The molecule has 3 aromatic rings. The number of ketones is 2. The van der Waals surface area contributed by atoms with Crippen molar-refractivity contribution in [2.75, 3.05) is 59.6 Å². The van der Waals surface area contributed by atoms with Gasteiger partial charge < -0.3 is 67.9 Å². The van der Waals surface area contributed by atoms with E-state index in [1.165, 1.54) is 19.2 Å². The summed E-state index contributed by atoms with van der Waals surface area (Å²) in [5, 5.41) is 24.8. The first-order valence-electron chi connectivity index (χ1n) is 27.7. The number of ether oxygens (including phenoxy) is 3. The number of rotatable bonds is 39. The zero-order chi connectivity index (χ0) is 57.7. The van der Waals surface area contributed by atoms with Crippen LogP contribution in [-0.4, -0.2) is 112 Å². The van der Waals surface area contributed by atoms with Crippen LogP contribution in [-0.2, 0) is 32.0 Å². The number of allylic oxidation sites excluding steroid dienone is 4. The quantitative estimate of drug-likeness (QED) is 0.0100. The second-order valence-corrected chi connectivity index (χ2v) is 21.0. The van der Waals surface area contributed by atoms with Crippen LogP contribution < -0.4 is 63.8 Å². The van der Waals surface area contributed by atoms with E-state index >= 15 is 0 Å². The molecule has 0 saturated heterocycles. The largest absolute Gasteiger partial charge is 0.507 e. The summed E-state index contributed by atoms with van der Waals surface area (Å²) in [5.74, 6) is -2.66. The number of carbonyl (C=O) groups is 4. The molecule has 20 nitrogen and oxygen atoms in total. The highest BCUT2D eigenvalue weighted by molar-refractivity contribution is 5.98. The van der Waals surface area contributed by atoms with Crippen molar-refractivity contribution in [1.82, 2.24) is 21.3 Å². The van der Waals surface area contributed by atoms with Crippen LogP contribution in [0.1, 0.15) is 144 Å². The minimum absolute atomic E-state index is 0.0347. The van der Waals surface area contributed by atoms with Crippen molar-refractivity contribution in [2.24, 2.45) is 44.8 Å². The van der Waals surface area contributed by atoms with Crippen LogP contribution >= 0.6 is 0 Å². The highest BCUT2D eigenvalue weighted by Gasteiger charge is 2.28. The molecular formula is C58H92N10O10. The van der Waals surface area contributed by atoms with E-state index in [1.807, 2.05) is 39.8 Å². The fraction of sp³-hybridized carbons (Fsp3) is 0.603. The van der Waals surface area contributed by atoms with Gasteiger partial charge in [-0.25, -0.2) is 0 Å². The topological polar surface area (TPSA) is 323 Å². The second-order valence-electron chi connectivity index (χ2n) is 21.0. The van der Waals surface area contributed by atoms with Gasteiger partial charge >= 0.3 is 0 Å². The van der Waals surface area contributed by atoms with E-state index in [0.29, 0.717) is 69.5 Å². The number of guanidine groups is 2. The lowest BCUT2D eigenvalue weighted by Crippen LogP contribution is -2.34. The highest BCUT2D eigenvalue weighted by Crippen LogP contribution is 2.42. The number of nitrogens with zero attached hydrogens (tertiary/aromatic N) is 2. The van der Waals surface area contributed by atoms with Crippen molar-refractivity contribution in [1.29, 1.82) is 0 Å². The Hall–Kier alpha value is -6.67. The van der Waals surface area contributed by atoms with Crippen molar-refractivity contribution in [3.05, 3.63) is 56.8 Å². The first-order chi connectivity index (χ1) is 37.1. The number of unbranched alkanes of at least 4 members (excludes halogenated alkanes) is 4. The van der Waals surface area contributed by atoms with Gasteiger partial charge in [0.15, 0.2) is 35.0 Å². The van der Waals surface area contributed by atoms with Crippen LogP contribution in [0.3, 0.4) is 0 Å². The molecule has 1 aromatic heterocycles. The van der Waals surface area contributed by atoms with Crippen LogP contribution in [0.25, 0.3) is 21.9 Å². The van der Waals surface area contributed by atoms with Gasteiger partial charge in [-0.15, -0.1) is 0 Å². The number of carbonyl (C=O) groups excluding carboxylic acids is 4. The van der Waals surface area contributed by atoms with Gasteiger partial charge in [-0.3, -0.25) is 34.0 Å². The van der Waals surface area contributed by atoms with Crippen LogP contribution in [0.15, 0.2) is 54.6 Å². The van der Waals surface area contributed by atoms with Crippen molar-refractivity contribution in [3.8, 4) is 23.0 Å². The zero-order valence-corrected chi connectivity index (χ0v) is 48.0. The number of phenolic OH excluding ortho intramolecular Hbond substituents is 1. The van der Waals surface area contributed by atoms with E-state index in [2.05, 4.69) is 58.9 Å². The Morgan fingerprint density at radius 2 is 1.06 bits per heavy atom. The zero-order valence-electron chi connectivity index (χ0n) is 48.0. The van der Waals surface area contributed by atoms with Gasteiger partial charge in [0.25, 0.3) is 0 Å². The van der Waals surface area contributed by atoms with Gasteiger partial charge in [0.2, 0.25) is 17.2 Å². The Bertz CT molecular complexity index is 2610. The van der Waals surface area contributed by atoms with Gasteiger partial charge in [-0.2, -0.15) is 0 Å². The minimum atomic E-state index is -0.674. The lowest BCUT2D eigenvalue weighted by Gasteiger charge is -2.19. The Labute approximate surface area is 461 Å². The van der Waals surface area contributed by atoms with Crippen LogP contribution in [0.5, 0.6) is 23.0 Å². The van der Waals surface area contributed by atoms with Gasteiger partial charge in [0.1, 0.15) is 41.3 Å². The summed E-state index contributed by atoms with van der Waals surface area (Å²) in [7, 11) is 1.43. The molecule has 3 rings (SSSR count). The summed E-state index contributed by atoms with van der Waals surface area (Å²) in [6, 6.07) is 3.74. The maximum atomic E-state index is 14.9. The molecule has 78 heavy (non-hydrogen) atoms. The Morgan fingerprint density at radius 3 is 1.51 bits per heavy atom. The predicted octanol–water partition coefficient (Wildman–Crippen LogP) is 6.26. The Balaban J connectivity index is 2.00. The third-order valence-corrected chi connectivity index (χ3v) is 12.8. The predicted molar refractivity (Wildman–Crippen MR) is 312 cm³/mol. The molecule has 0 bridgehead atoms. The monoisotopic (exact) mass is 1090 g/mol. The van der Waals surface area contributed by atoms with E-state index < -0.39 is 30.5 Å². The SMILES string of the molecule is COc1c(OCC(=O)C[C@@H](CCCN=C(N)N)C(=O)NCCCCCNC(C)C)cc2oc3cc(OCC(=O)C[C@@H](CCCN=C(N)N)C(=O)NCCCCCNC(C)C)c(CC=C(C)C)c(O)c3c(=O)c2c1CC=C(C)C. The Morgan fingerprint density at radius 1 is 0.628 bits per heavy atom. The molecular weight excluding hydrogens is 997 g/mol. The van der Waals surface area contributed by atoms with E-state index in [-0.39, 0.29) is 111 Å². The van der Waals surface area contributed by atoms with Crippen molar-refractivity contribution < 1.29 is 42.9 Å². The molecule has 20 heteroatoms.